The second-order valence-corrected chi connectivity index (χ2v) is 8.47. The minimum absolute atomic E-state index is 0.0293. The summed E-state index contributed by atoms with van der Waals surface area (Å²) in [7, 11) is 1.54. The molecule has 0 unspecified atom stereocenters. The Morgan fingerprint density at radius 2 is 1.39 bits per heavy atom. The van der Waals surface area contributed by atoms with Crippen molar-refractivity contribution in [2.45, 2.75) is 33.1 Å². The molecule has 2 amide bonds. The monoisotopic (exact) mass is 416 g/mol. The van der Waals surface area contributed by atoms with Crippen molar-refractivity contribution in [3.8, 4) is 5.75 Å². The molecule has 0 heterocycles. The van der Waals surface area contributed by atoms with E-state index in [2.05, 4.69) is 31.4 Å². The summed E-state index contributed by atoms with van der Waals surface area (Å²) < 4.78 is 5.37. The van der Waals surface area contributed by atoms with Gasteiger partial charge in [-0.25, -0.2) is 0 Å². The van der Waals surface area contributed by atoms with Crippen molar-refractivity contribution in [2.24, 2.45) is 0 Å². The van der Waals surface area contributed by atoms with Crippen molar-refractivity contribution in [2.75, 3.05) is 17.7 Å². The molecule has 5 heteroatoms. The summed E-state index contributed by atoms with van der Waals surface area (Å²) in [5.74, 6) is 0.0641. The number of methoxy groups -OCH3 is 1. The quantitative estimate of drug-likeness (QED) is 0.552. The van der Waals surface area contributed by atoms with Gasteiger partial charge in [0.05, 0.1) is 12.7 Å². The van der Waals surface area contributed by atoms with Gasteiger partial charge in [0.1, 0.15) is 5.75 Å². The number of carbonyl (C=O) groups is 2. The van der Waals surface area contributed by atoms with Crippen molar-refractivity contribution >= 4 is 23.2 Å². The second kappa shape index (κ2) is 9.04. The predicted molar refractivity (Wildman–Crippen MR) is 125 cm³/mol. The van der Waals surface area contributed by atoms with Crippen LogP contribution in [0.25, 0.3) is 0 Å². The Labute approximate surface area is 183 Å². The lowest BCUT2D eigenvalue weighted by molar-refractivity contribution is 0.101. The predicted octanol–water partition coefficient (Wildman–Crippen LogP) is 5.81. The number of benzene rings is 3. The van der Waals surface area contributed by atoms with Crippen molar-refractivity contribution < 1.29 is 14.3 Å². The molecule has 31 heavy (non-hydrogen) atoms. The highest BCUT2D eigenvalue weighted by Crippen LogP contribution is 2.25. The standard InChI is InChI=1S/C26H28N2O3/c1-17-8-6-11-22(23(17)31-5)25(30)28-21-10-7-9-20(16-21)27-24(29)18-12-14-19(15-13-18)26(2,3)4/h6-16H,1-5H3,(H,27,29)(H,28,30). The fraction of sp³-hybridized carbons (Fsp3) is 0.231. The van der Waals surface area contributed by atoms with E-state index in [0.717, 1.165) is 5.56 Å². The number of hydrogen-bond acceptors (Lipinski definition) is 3. The molecule has 0 saturated heterocycles. The second-order valence-electron chi connectivity index (χ2n) is 8.47. The Morgan fingerprint density at radius 1 is 0.806 bits per heavy atom. The molecule has 0 radical (unpaired) electrons. The Morgan fingerprint density at radius 3 is 1.97 bits per heavy atom. The average molecular weight is 417 g/mol. The van der Waals surface area contributed by atoms with Crippen molar-refractivity contribution in [1.29, 1.82) is 0 Å². The van der Waals surface area contributed by atoms with Crippen LogP contribution in [0.1, 0.15) is 52.6 Å². The minimum atomic E-state index is -0.276. The van der Waals surface area contributed by atoms with Gasteiger partial charge in [-0.1, -0.05) is 51.1 Å². The summed E-state index contributed by atoms with van der Waals surface area (Å²) in [4.78, 5) is 25.4. The lowest BCUT2D eigenvalue weighted by atomic mass is 9.87. The van der Waals surface area contributed by atoms with Crippen molar-refractivity contribution in [3.63, 3.8) is 0 Å². The first-order chi connectivity index (χ1) is 14.7. The van der Waals surface area contributed by atoms with Crippen LogP contribution in [0.4, 0.5) is 11.4 Å². The number of amides is 2. The van der Waals surface area contributed by atoms with E-state index >= 15 is 0 Å². The van der Waals surface area contributed by atoms with Crippen LogP contribution in [-0.2, 0) is 5.41 Å². The third-order valence-electron chi connectivity index (χ3n) is 5.05. The van der Waals surface area contributed by atoms with E-state index in [1.54, 1.807) is 37.4 Å². The molecule has 0 saturated carbocycles. The summed E-state index contributed by atoms with van der Waals surface area (Å²) in [5, 5.41) is 5.75. The summed E-state index contributed by atoms with van der Waals surface area (Å²) in [6, 6.07) is 20.1. The molecule has 2 N–H and O–H groups in total. The topological polar surface area (TPSA) is 67.4 Å². The highest BCUT2D eigenvalue weighted by molar-refractivity contribution is 6.07. The molecule has 0 spiro atoms. The van der Waals surface area contributed by atoms with Crippen LogP contribution < -0.4 is 15.4 Å². The average Bonchev–Trinajstić information content (AvgIpc) is 2.73. The SMILES string of the molecule is COc1c(C)cccc1C(=O)Nc1cccc(NC(=O)c2ccc(C(C)(C)C)cc2)c1. The lowest BCUT2D eigenvalue weighted by Crippen LogP contribution is -2.15. The first-order valence-corrected chi connectivity index (χ1v) is 10.2. The van der Waals surface area contributed by atoms with Gasteiger partial charge in [-0.2, -0.15) is 0 Å². The molecule has 3 aromatic rings. The Balaban J connectivity index is 1.73. The van der Waals surface area contributed by atoms with E-state index in [1.165, 1.54) is 5.56 Å². The van der Waals surface area contributed by atoms with Gasteiger partial charge in [-0.3, -0.25) is 9.59 Å². The van der Waals surface area contributed by atoms with Gasteiger partial charge in [0.2, 0.25) is 0 Å². The number of ether oxygens (including phenoxy) is 1. The van der Waals surface area contributed by atoms with Crippen molar-refractivity contribution in [1.82, 2.24) is 0 Å². The van der Waals surface area contributed by atoms with Crippen LogP contribution in [0.2, 0.25) is 0 Å². The third-order valence-corrected chi connectivity index (χ3v) is 5.05. The fourth-order valence-corrected chi connectivity index (χ4v) is 3.30. The molecule has 5 nitrogen and oxygen atoms in total. The van der Waals surface area contributed by atoms with E-state index in [1.807, 2.05) is 43.3 Å². The van der Waals surface area contributed by atoms with Crippen LogP contribution >= 0.6 is 0 Å². The normalized spacial score (nSPS) is 11.0. The molecular formula is C26H28N2O3. The molecule has 0 atom stereocenters. The number of carbonyl (C=O) groups excluding carboxylic acids is 2. The lowest BCUT2D eigenvalue weighted by Gasteiger charge is -2.19. The van der Waals surface area contributed by atoms with Crippen LogP contribution in [-0.4, -0.2) is 18.9 Å². The zero-order valence-electron chi connectivity index (χ0n) is 18.6. The van der Waals surface area contributed by atoms with Crippen LogP contribution in [0, 0.1) is 6.92 Å². The number of hydrogen-bond donors (Lipinski definition) is 2. The largest absolute Gasteiger partial charge is 0.496 e. The molecule has 0 aliphatic carbocycles. The Hall–Kier alpha value is -3.60. The number of para-hydroxylation sites is 1. The van der Waals surface area contributed by atoms with Gasteiger partial charge in [0, 0.05) is 16.9 Å². The van der Waals surface area contributed by atoms with Crippen LogP contribution in [0.3, 0.4) is 0 Å². The van der Waals surface area contributed by atoms with E-state index in [4.69, 9.17) is 4.74 Å². The zero-order chi connectivity index (χ0) is 22.6. The Bertz CT molecular complexity index is 1100. The number of rotatable bonds is 5. The number of aryl methyl sites for hydroxylation is 1. The maximum Gasteiger partial charge on any atom is 0.259 e. The van der Waals surface area contributed by atoms with Gasteiger partial charge >= 0.3 is 0 Å². The summed E-state index contributed by atoms with van der Waals surface area (Å²) in [5.41, 5.74) is 4.28. The minimum Gasteiger partial charge on any atom is -0.496 e. The molecular weight excluding hydrogens is 388 g/mol. The van der Waals surface area contributed by atoms with Crippen LogP contribution in [0.5, 0.6) is 5.75 Å². The maximum atomic E-state index is 12.7. The number of nitrogens with one attached hydrogen (secondary N) is 2. The fourth-order valence-electron chi connectivity index (χ4n) is 3.30. The molecule has 0 bridgehead atoms. The van der Waals surface area contributed by atoms with Gasteiger partial charge in [-0.15, -0.1) is 0 Å². The first-order valence-electron chi connectivity index (χ1n) is 10.2. The summed E-state index contributed by atoms with van der Waals surface area (Å²) in [6.07, 6.45) is 0. The molecule has 3 rings (SSSR count). The maximum absolute atomic E-state index is 12.7. The van der Waals surface area contributed by atoms with Crippen LogP contribution in [0.15, 0.2) is 66.7 Å². The van der Waals surface area contributed by atoms with E-state index in [-0.39, 0.29) is 17.2 Å². The van der Waals surface area contributed by atoms with Gasteiger partial charge < -0.3 is 15.4 Å². The summed E-state index contributed by atoms with van der Waals surface area (Å²) in [6.45, 7) is 8.29. The molecule has 0 aliphatic rings. The Kier molecular flexibility index (Phi) is 6.44. The third kappa shape index (κ3) is 5.31. The summed E-state index contributed by atoms with van der Waals surface area (Å²) >= 11 is 0. The van der Waals surface area contributed by atoms with Gasteiger partial charge in [0.15, 0.2) is 0 Å². The highest BCUT2D eigenvalue weighted by Gasteiger charge is 2.16. The van der Waals surface area contributed by atoms with E-state index in [9.17, 15) is 9.59 Å². The zero-order valence-corrected chi connectivity index (χ0v) is 18.6. The molecule has 0 aliphatic heterocycles. The molecule has 0 fully saturated rings. The van der Waals surface area contributed by atoms with E-state index < -0.39 is 0 Å². The smallest absolute Gasteiger partial charge is 0.259 e. The highest BCUT2D eigenvalue weighted by atomic mass is 16.5. The molecule has 3 aromatic carbocycles. The number of anilines is 2. The first kappa shape index (κ1) is 22.1. The van der Waals surface area contributed by atoms with E-state index in [0.29, 0.717) is 28.3 Å². The van der Waals surface area contributed by atoms with Gasteiger partial charge in [0.25, 0.3) is 11.8 Å². The molecule has 0 aromatic heterocycles. The van der Waals surface area contributed by atoms with Crippen molar-refractivity contribution in [3.05, 3.63) is 89.0 Å². The molecule has 160 valence electrons. The van der Waals surface area contributed by atoms with Gasteiger partial charge in [-0.05, 0) is 59.9 Å².